The van der Waals surface area contributed by atoms with Crippen LogP contribution in [0.1, 0.15) is 20.3 Å². The molecule has 72 valence electrons. The molecule has 0 aromatic rings. The number of hydrogen-bond donors (Lipinski definition) is 1. The Morgan fingerprint density at radius 3 is 2.69 bits per heavy atom. The van der Waals surface area contributed by atoms with Crippen LogP contribution >= 0.6 is 0 Å². The van der Waals surface area contributed by atoms with Crippen LogP contribution in [0.15, 0.2) is 0 Å². The quantitative estimate of drug-likeness (QED) is 0.645. The van der Waals surface area contributed by atoms with Gasteiger partial charge < -0.3 is 10.2 Å². The molecule has 1 aliphatic heterocycles. The average molecular weight is 180 g/mol. The Hall–Kier alpha value is -0.505. The van der Waals surface area contributed by atoms with E-state index in [1.165, 1.54) is 0 Å². The molecule has 0 aliphatic carbocycles. The van der Waals surface area contributed by atoms with Crippen LogP contribution in [-0.4, -0.2) is 44.2 Å². The number of nitrogens with one attached hydrogen (secondary N) is 1. The van der Waals surface area contributed by atoms with E-state index in [2.05, 4.69) is 24.1 Å². The molecule has 0 saturated carbocycles. The minimum Gasteiger partial charge on any atom is -0.362 e. The van der Waals surface area contributed by atoms with Gasteiger partial charge in [0.1, 0.15) is 0 Å². The minimum atomic E-state index is -0.401. The molecule has 1 rings (SSSR count). The second kappa shape index (κ2) is 4.65. The summed E-state index contributed by atoms with van der Waals surface area (Å²) < 4.78 is 0. The smallest absolute Gasteiger partial charge is 0.200 e. The van der Waals surface area contributed by atoms with E-state index in [1.807, 2.05) is 0 Å². The molecular formula is C9H17BN2O. The van der Waals surface area contributed by atoms with Gasteiger partial charge in [-0.05, 0) is 12.5 Å². The van der Waals surface area contributed by atoms with Crippen LogP contribution in [0.2, 0.25) is 0 Å². The average Bonchev–Trinajstić information content (AvgIpc) is 2.46. The molecule has 3 nitrogen and oxygen atoms in total. The van der Waals surface area contributed by atoms with Gasteiger partial charge in [-0.1, -0.05) is 20.3 Å². The summed E-state index contributed by atoms with van der Waals surface area (Å²) in [5, 5.41) is 2.80. The molecule has 1 fully saturated rings. The third-order valence-electron chi connectivity index (χ3n) is 2.82. The first-order valence-corrected chi connectivity index (χ1v) is 4.95. The third-order valence-corrected chi connectivity index (χ3v) is 2.82. The van der Waals surface area contributed by atoms with Crippen molar-refractivity contribution in [3.63, 3.8) is 0 Å². The number of likely N-dealkylation sites (tertiary alicyclic amines) is 1. The number of carbonyl (C=O) groups excluding carboxylic acids is 1. The second-order valence-electron chi connectivity index (χ2n) is 3.64. The Balaban J connectivity index is 2.47. The third kappa shape index (κ3) is 2.73. The van der Waals surface area contributed by atoms with E-state index >= 15 is 0 Å². The SMILES string of the molecule is [B]C(=O)NC1CN(CC)CC1CC. The first kappa shape index (κ1) is 10.6. The molecule has 1 amide bonds. The molecule has 0 bridgehead atoms. The Labute approximate surface area is 81.3 Å². The van der Waals surface area contributed by atoms with Crippen LogP contribution in [0.3, 0.4) is 0 Å². The summed E-state index contributed by atoms with van der Waals surface area (Å²) in [5.41, 5.74) is 0. The molecule has 2 atom stereocenters. The lowest BCUT2D eigenvalue weighted by atomic mass is 9.99. The van der Waals surface area contributed by atoms with Gasteiger partial charge in [-0.15, -0.1) is 0 Å². The van der Waals surface area contributed by atoms with E-state index in [9.17, 15) is 4.79 Å². The fraction of sp³-hybridized carbons (Fsp3) is 0.889. The summed E-state index contributed by atoms with van der Waals surface area (Å²) in [6, 6.07) is 0.252. The van der Waals surface area contributed by atoms with Crippen molar-refractivity contribution in [3.8, 4) is 0 Å². The van der Waals surface area contributed by atoms with E-state index in [0.717, 1.165) is 26.1 Å². The maximum absolute atomic E-state index is 10.7. The predicted molar refractivity (Wildman–Crippen MR) is 54.0 cm³/mol. The molecule has 2 unspecified atom stereocenters. The monoisotopic (exact) mass is 180 g/mol. The van der Waals surface area contributed by atoms with Gasteiger partial charge in [0.05, 0.1) is 0 Å². The van der Waals surface area contributed by atoms with Gasteiger partial charge in [0.2, 0.25) is 7.85 Å². The zero-order valence-corrected chi connectivity index (χ0v) is 8.42. The Morgan fingerprint density at radius 1 is 1.54 bits per heavy atom. The second-order valence-corrected chi connectivity index (χ2v) is 3.64. The Morgan fingerprint density at radius 2 is 2.23 bits per heavy atom. The first-order valence-electron chi connectivity index (χ1n) is 4.95. The van der Waals surface area contributed by atoms with Crippen LogP contribution in [0.5, 0.6) is 0 Å². The molecule has 2 radical (unpaired) electrons. The highest BCUT2D eigenvalue weighted by Gasteiger charge is 2.30. The Bertz CT molecular complexity index is 186. The first-order chi connectivity index (χ1) is 6.17. The normalized spacial score (nSPS) is 29.1. The van der Waals surface area contributed by atoms with Crippen molar-refractivity contribution in [2.75, 3.05) is 19.6 Å². The lowest BCUT2D eigenvalue weighted by molar-refractivity contribution is 0.253. The van der Waals surface area contributed by atoms with Crippen molar-refractivity contribution in [2.24, 2.45) is 5.92 Å². The van der Waals surface area contributed by atoms with E-state index in [1.54, 1.807) is 0 Å². The molecule has 13 heavy (non-hydrogen) atoms. The standard InChI is InChI=1S/C9H17BN2O/c1-3-7-5-12(4-2)6-8(7)11-9(10)13/h7-8H,3-6H2,1-2H3,(H,11,13). The maximum Gasteiger partial charge on any atom is 0.200 e. The number of nitrogens with zero attached hydrogens (tertiary/aromatic N) is 1. The number of amides is 1. The Kier molecular flexibility index (Phi) is 3.79. The number of carbonyl (C=O) groups is 1. The lowest BCUT2D eigenvalue weighted by Gasteiger charge is -2.17. The topological polar surface area (TPSA) is 32.3 Å². The number of likely N-dealkylation sites (N-methyl/N-ethyl adjacent to an activating group) is 1. The van der Waals surface area contributed by atoms with E-state index in [4.69, 9.17) is 7.85 Å². The molecule has 1 N–H and O–H groups in total. The highest BCUT2D eigenvalue weighted by atomic mass is 16.1. The number of rotatable bonds is 3. The van der Waals surface area contributed by atoms with Crippen molar-refractivity contribution in [1.29, 1.82) is 0 Å². The molecule has 1 aliphatic rings. The molecular weight excluding hydrogens is 163 g/mol. The van der Waals surface area contributed by atoms with E-state index in [0.29, 0.717) is 5.92 Å². The van der Waals surface area contributed by atoms with Gasteiger partial charge in [0.25, 0.3) is 0 Å². The summed E-state index contributed by atoms with van der Waals surface area (Å²) in [6.07, 6.45) is 1.10. The minimum absolute atomic E-state index is 0.252. The molecule has 0 aromatic heterocycles. The fourth-order valence-corrected chi connectivity index (χ4v) is 1.98. The van der Waals surface area contributed by atoms with Crippen molar-refractivity contribution in [3.05, 3.63) is 0 Å². The van der Waals surface area contributed by atoms with Crippen molar-refractivity contribution >= 4 is 13.7 Å². The van der Waals surface area contributed by atoms with E-state index in [-0.39, 0.29) is 6.04 Å². The van der Waals surface area contributed by atoms with Crippen LogP contribution < -0.4 is 5.32 Å². The van der Waals surface area contributed by atoms with Crippen molar-refractivity contribution < 1.29 is 4.79 Å². The van der Waals surface area contributed by atoms with E-state index < -0.39 is 5.81 Å². The van der Waals surface area contributed by atoms with Crippen LogP contribution in [0.25, 0.3) is 0 Å². The van der Waals surface area contributed by atoms with Gasteiger partial charge >= 0.3 is 0 Å². The van der Waals surface area contributed by atoms with Gasteiger partial charge in [-0.25, -0.2) is 0 Å². The summed E-state index contributed by atoms with van der Waals surface area (Å²) >= 11 is 0. The molecule has 0 spiro atoms. The van der Waals surface area contributed by atoms with Crippen molar-refractivity contribution in [1.82, 2.24) is 10.2 Å². The summed E-state index contributed by atoms with van der Waals surface area (Å²) in [5.74, 6) is 0.161. The molecule has 1 heterocycles. The van der Waals surface area contributed by atoms with Crippen LogP contribution in [-0.2, 0) is 0 Å². The largest absolute Gasteiger partial charge is 0.362 e. The van der Waals surface area contributed by atoms with Crippen molar-refractivity contribution in [2.45, 2.75) is 26.3 Å². The van der Waals surface area contributed by atoms with Crippen LogP contribution in [0, 0.1) is 5.92 Å². The van der Waals surface area contributed by atoms with Crippen LogP contribution in [0.4, 0.5) is 4.79 Å². The zero-order valence-electron chi connectivity index (χ0n) is 8.42. The molecule has 1 saturated heterocycles. The summed E-state index contributed by atoms with van der Waals surface area (Å²) in [6.45, 7) is 7.36. The van der Waals surface area contributed by atoms with Gasteiger partial charge in [-0.3, -0.25) is 4.79 Å². The van der Waals surface area contributed by atoms with Gasteiger partial charge in [-0.2, -0.15) is 0 Å². The summed E-state index contributed by atoms with van der Waals surface area (Å²) in [7, 11) is 5.11. The maximum atomic E-state index is 10.7. The zero-order chi connectivity index (χ0) is 9.84. The summed E-state index contributed by atoms with van der Waals surface area (Å²) in [4.78, 5) is 13.0. The molecule has 4 heteroatoms. The highest BCUT2D eigenvalue weighted by molar-refractivity contribution is 6.57. The lowest BCUT2D eigenvalue weighted by Crippen LogP contribution is -2.39. The van der Waals surface area contributed by atoms with Gasteiger partial charge in [0, 0.05) is 19.1 Å². The predicted octanol–water partition coefficient (Wildman–Crippen LogP) is 0.595. The molecule has 0 aromatic carbocycles. The number of hydrogen-bond acceptors (Lipinski definition) is 2. The fourth-order valence-electron chi connectivity index (χ4n) is 1.98. The highest BCUT2D eigenvalue weighted by Crippen LogP contribution is 2.19. The van der Waals surface area contributed by atoms with Gasteiger partial charge in [0.15, 0.2) is 5.81 Å².